The predicted octanol–water partition coefficient (Wildman–Crippen LogP) is 2.86. The molecule has 1 aromatic carbocycles. The van der Waals surface area contributed by atoms with Crippen molar-refractivity contribution in [1.82, 2.24) is 10.2 Å². The summed E-state index contributed by atoms with van der Waals surface area (Å²) in [4.78, 5) is 14.4. The molecule has 2 N–H and O–H groups in total. The Kier molecular flexibility index (Phi) is 4.85. The van der Waals surface area contributed by atoms with Gasteiger partial charge in [-0.2, -0.15) is 0 Å². The number of carbonyl (C=O) groups is 1. The highest BCUT2D eigenvalue weighted by molar-refractivity contribution is 5.75. The van der Waals surface area contributed by atoms with Crippen LogP contribution in [-0.4, -0.2) is 35.7 Å². The first kappa shape index (κ1) is 16.2. The van der Waals surface area contributed by atoms with E-state index in [0.29, 0.717) is 6.54 Å². The van der Waals surface area contributed by atoms with Crippen molar-refractivity contribution < 1.29 is 14.3 Å². The zero-order chi connectivity index (χ0) is 16.4. The number of benzene rings is 1. The molecule has 1 heterocycles. The molecule has 5 heteroatoms. The van der Waals surface area contributed by atoms with Gasteiger partial charge in [0, 0.05) is 19.7 Å². The number of hydrogen-bond acceptors (Lipinski definition) is 2. The quantitative estimate of drug-likeness (QED) is 0.880. The molecular weight excluding hydrogens is 295 g/mol. The van der Waals surface area contributed by atoms with Gasteiger partial charge in [-0.05, 0) is 54.7 Å². The normalized spacial score (nSPS) is 27.4. The summed E-state index contributed by atoms with van der Waals surface area (Å²) in [6.45, 7) is 3.54. The number of aliphatic hydroxyl groups is 1. The Morgan fingerprint density at radius 1 is 1.43 bits per heavy atom. The van der Waals surface area contributed by atoms with Crippen LogP contribution in [0.15, 0.2) is 18.2 Å². The van der Waals surface area contributed by atoms with Crippen LogP contribution in [0.2, 0.25) is 0 Å². The first-order valence-corrected chi connectivity index (χ1v) is 8.53. The van der Waals surface area contributed by atoms with Crippen molar-refractivity contribution in [2.75, 3.05) is 19.7 Å². The first-order chi connectivity index (χ1) is 11.1. The molecule has 2 aliphatic rings. The Morgan fingerprint density at radius 3 is 3.04 bits per heavy atom. The number of likely N-dealkylation sites (tertiary alicyclic amines) is 1. The van der Waals surface area contributed by atoms with Gasteiger partial charge in [0.2, 0.25) is 0 Å². The number of amides is 2. The van der Waals surface area contributed by atoms with Gasteiger partial charge in [-0.25, -0.2) is 9.18 Å². The molecule has 2 amide bonds. The van der Waals surface area contributed by atoms with E-state index in [1.807, 2.05) is 6.07 Å². The molecule has 0 saturated carbocycles. The standard InChI is InChI=1S/C18H25FN2O2/c1-12-7-8-14-15(5-2-6-16(14)19)17(12)20-18(23)21-9-3-4-13(10-21)11-22/h2,5-6,12-13,17,22H,3-4,7-11H2,1H3,(H,20,23). The second-order valence-corrected chi connectivity index (χ2v) is 6.89. The fourth-order valence-electron chi connectivity index (χ4n) is 3.82. The maximum absolute atomic E-state index is 14.0. The van der Waals surface area contributed by atoms with E-state index in [4.69, 9.17) is 0 Å². The average Bonchev–Trinajstić information content (AvgIpc) is 2.57. The molecule has 4 nitrogen and oxygen atoms in total. The summed E-state index contributed by atoms with van der Waals surface area (Å²) >= 11 is 0. The molecule has 126 valence electrons. The minimum atomic E-state index is -0.174. The molecule has 0 bridgehead atoms. The molecule has 1 aromatic rings. The largest absolute Gasteiger partial charge is 0.396 e. The van der Waals surface area contributed by atoms with Crippen LogP contribution < -0.4 is 5.32 Å². The molecule has 3 rings (SSSR count). The number of rotatable bonds is 2. The molecule has 0 spiro atoms. The molecule has 1 fully saturated rings. The third kappa shape index (κ3) is 3.34. The van der Waals surface area contributed by atoms with E-state index < -0.39 is 0 Å². The highest BCUT2D eigenvalue weighted by Crippen LogP contribution is 2.35. The van der Waals surface area contributed by atoms with Crippen molar-refractivity contribution in [2.45, 2.75) is 38.6 Å². The van der Waals surface area contributed by atoms with Gasteiger partial charge in [0.1, 0.15) is 5.82 Å². The van der Waals surface area contributed by atoms with Crippen LogP contribution >= 0.6 is 0 Å². The number of piperidine rings is 1. The maximum Gasteiger partial charge on any atom is 0.317 e. The number of carbonyl (C=O) groups excluding carboxylic acids is 1. The van der Waals surface area contributed by atoms with Crippen molar-refractivity contribution in [3.63, 3.8) is 0 Å². The fourth-order valence-corrected chi connectivity index (χ4v) is 3.82. The summed E-state index contributed by atoms with van der Waals surface area (Å²) in [5.41, 5.74) is 1.65. The Labute approximate surface area is 136 Å². The van der Waals surface area contributed by atoms with Gasteiger partial charge >= 0.3 is 6.03 Å². The summed E-state index contributed by atoms with van der Waals surface area (Å²) in [5.74, 6) is 0.279. The van der Waals surface area contributed by atoms with Gasteiger partial charge in [0.15, 0.2) is 0 Å². The molecule has 3 atom stereocenters. The summed E-state index contributed by atoms with van der Waals surface area (Å²) in [6, 6.07) is 4.89. The van der Waals surface area contributed by atoms with E-state index in [2.05, 4.69) is 12.2 Å². The van der Waals surface area contributed by atoms with Crippen molar-refractivity contribution >= 4 is 6.03 Å². The fraction of sp³-hybridized carbons (Fsp3) is 0.611. The Morgan fingerprint density at radius 2 is 2.26 bits per heavy atom. The average molecular weight is 320 g/mol. The smallest absolute Gasteiger partial charge is 0.317 e. The van der Waals surface area contributed by atoms with Gasteiger partial charge in [-0.15, -0.1) is 0 Å². The lowest BCUT2D eigenvalue weighted by atomic mass is 9.80. The molecule has 3 unspecified atom stereocenters. The van der Waals surface area contributed by atoms with Gasteiger partial charge in [0.05, 0.1) is 6.04 Å². The monoisotopic (exact) mass is 320 g/mol. The van der Waals surface area contributed by atoms with E-state index in [9.17, 15) is 14.3 Å². The van der Waals surface area contributed by atoms with E-state index in [1.54, 1.807) is 11.0 Å². The Hall–Kier alpha value is -1.62. The van der Waals surface area contributed by atoms with Crippen LogP contribution in [0.1, 0.15) is 43.4 Å². The number of nitrogens with zero attached hydrogens (tertiary/aromatic N) is 1. The van der Waals surface area contributed by atoms with Crippen molar-refractivity contribution in [2.24, 2.45) is 11.8 Å². The number of hydrogen-bond donors (Lipinski definition) is 2. The van der Waals surface area contributed by atoms with Crippen molar-refractivity contribution in [1.29, 1.82) is 0 Å². The van der Waals surface area contributed by atoms with E-state index >= 15 is 0 Å². The van der Waals surface area contributed by atoms with Gasteiger partial charge in [-0.1, -0.05) is 19.1 Å². The maximum atomic E-state index is 14.0. The van der Waals surface area contributed by atoms with Crippen LogP contribution in [-0.2, 0) is 6.42 Å². The highest BCUT2D eigenvalue weighted by Gasteiger charge is 2.31. The zero-order valence-electron chi connectivity index (χ0n) is 13.6. The first-order valence-electron chi connectivity index (χ1n) is 8.53. The van der Waals surface area contributed by atoms with E-state index in [0.717, 1.165) is 43.4 Å². The van der Waals surface area contributed by atoms with Crippen LogP contribution in [0, 0.1) is 17.7 Å². The van der Waals surface area contributed by atoms with Crippen LogP contribution in [0.5, 0.6) is 0 Å². The third-order valence-corrected chi connectivity index (χ3v) is 5.25. The molecule has 1 aliphatic carbocycles. The van der Waals surface area contributed by atoms with Gasteiger partial charge in [0.25, 0.3) is 0 Å². The SMILES string of the molecule is CC1CCc2c(F)cccc2C1NC(=O)N1CCCC(CO)C1. The van der Waals surface area contributed by atoms with Gasteiger partial charge in [-0.3, -0.25) is 0 Å². The zero-order valence-corrected chi connectivity index (χ0v) is 13.6. The summed E-state index contributed by atoms with van der Waals surface area (Å²) in [5, 5.41) is 12.4. The van der Waals surface area contributed by atoms with Crippen LogP contribution in [0.4, 0.5) is 9.18 Å². The Balaban J connectivity index is 1.74. The van der Waals surface area contributed by atoms with E-state index in [1.165, 1.54) is 6.07 Å². The second kappa shape index (κ2) is 6.87. The molecular formula is C18H25FN2O2. The lowest BCUT2D eigenvalue weighted by Gasteiger charge is -2.36. The number of urea groups is 1. The van der Waals surface area contributed by atoms with Crippen molar-refractivity contribution in [3.8, 4) is 0 Å². The number of fused-ring (bicyclic) bond motifs is 1. The molecule has 0 aromatic heterocycles. The minimum Gasteiger partial charge on any atom is -0.396 e. The highest BCUT2D eigenvalue weighted by atomic mass is 19.1. The number of aliphatic hydroxyl groups excluding tert-OH is 1. The molecule has 0 radical (unpaired) electrons. The molecule has 23 heavy (non-hydrogen) atoms. The number of halogens is 1. The van der Waals surface area contributed by atoms with Crippen LogP contribution in [0.3, 0.4) is 0 Å². The third-order valence-electron chi connectivity index (χ3n) is 5.25. The molecule has 1 aliphatic heterocycles. The summed E-state index contributed by atoms with van der Waals surface area (Å²) in [7, 11) is 0. The van der Waals surface area contributed by atoms with Gasteiger partial charge < -0.3 is 15.3 Å². The summed E-state index contributed by atoms with van der Waals surface area (Å²) < 4.78 is 14.0. The topological polar surface area (TPSA) is 52.6 Å². The Bertz CT molecular complexity index is 578. The lowest BCUT2D eigenvalue weighted by Crippen LogP contribution is -2.48. The van der Waals surface area contributed by atoms with Crippen molar-refractivity contribution in [3.05, 3.63) is 35.1 Å². The molecule has 1 saturated heterocycles. The number of nitrogens with one attached hydrogen (secondary N) is 1. The second-order valence-electron chi connectivity index (χ2n) is 6.89. The van der Waals surface area contributed by atoms with E-state index in [-0.39, 0.29) is 36.3 Å². The minimum absolute atomic E-state index is 0.0999. The lowest BCUT2D eigenvalue weighted by molar-refractivity contribution is 0.125. The van der Waals surface area contributed by atoms with Crippen LogP contribution in [0.25, 0.3) is 0 Å². The summed E-state index contributed by atoms with van der Waals surface area (Å²) in [6.07, 6.45) is 3.49. The predicted molar refractivity (Wildman–Crippen MR) is 86.5 cm³/mol.